The van der Waals surface area contributed by atoms with Gasteiger partial charge in [-0.25, -0.2) is 0 Å². The Labute approximate surface area is 115 Å². The summed E-state index contributed by atoms with van der Waals surface area (Å²) in [6.07, 6.45) is 18.7. The van der Waals surface area contributed by atoms with Crippen LogP contribution in [-0.4, -0.2) is 0 Å². The monoisotopic (exact) mass is 248 g/mol. The number of allylic oxidation sites excluding steroid dienone is 5. The van der Waals surface area contributed by atoms with Crippen LogP contribution in [0.5, 0.6) is 0 Å². The molecule has 0 aromatic rings. The summed E-state index contributed by atoms with van der Waals surface area (Å²) in [6.45, 7) is 12.9. The molecule has 0 aliphatic rings. The van der Waals surface area contributed by atoms with Gasteiger partial charge in [-0.2, -0.15) is 0 Å². The van der Waals surface area contributed by atoms with E-state index in [4.69, 9.17) is 0 Å². The summed E-state index contributed by atoms with van der Waals surface area (Å²) < 4.78 is 0. The molecule has 0 bridgehead atoms. The van der Waals surface area contributed by atoms with Crippen LogP contribution in [0.3, 0.4) is 0 Å². The summed E-state index contributed by atoms with van der Waals surface area (Å²) in [7, 11) is 0. The van der Waals surface area contributed by atoms with Gasteiger partial charge >= 0.3 is 0 Å². The molecule has 0 spiro atoms. The third-order valence-electron chi connectivity index (χ3n) is 4.13. The summed E-state index contributed by atoms with van der Waals surface area (Å²) in [4.78, 5) is 0. The number of hydrogen-bond donors (Lipinski definition) is 0. The summed E-state index contributed by atoms with van der Waals surface area (Å²) in [5.74, 6) is 0.576. The Morgan fingerprint density at radius 3 is 2.06 bits per heavy atom. The van der Waals surface area contributed by atoms with Crippen molar-refractivity contribution >= 4 is 0 Å². The average Bonchev–Trinajstić information content (AvgIpc) is 2.42. The zero-order chi connectivity index (χ0) is 13.9. The van der Waals surface area contributed by atoms with E-state index in [1.165, 1.54) is 25.7 Å². The molecule has 0 aromatic heterocycles. The van der Waals surface area contributed by atoms with Crippen molar-refractivity contribution in [3.8, 4) is 0 Å². The minimum absolute atomic E-state index is 0.409. The second-order valence-electron chi connectivity index (χ2n) is 5.15. The van der Waals surface area contributed by atoms with Crippen molar-refractivity contribution in [3.63, 3.8) is 0 Å². The molecule has 0 heterocycles. The summed E-state index contributed by atoms with van der Waals surface area (Å²) >= 11 is 0. The third-order valence-corrected chi connectivity index (χ3v) is 4.13. The van der Waals surface area contributed by atoms with Crippen LogP contribution in [0.4, 0.5) is 0 Å². The SMILES string of the molecule is C=CCCC(C=CCC)C=CC(CC)(CC)CC. The Kier molecular flexibility index (Phi) is 9.73. The minimum Gasteiger partial charge on any atom is -0.103 e. The lowest BCUT2D eigenvalue weighted by atomic mass is 9.78. The quantitative estimate of drug-likeness (QED) is 0.397. The van der Waals surface area contributed by atoms with Crippen LogP contribution in [0.1, 0.15) is 66.2 Å². The zero-order valence-electron chi connectivity index (χ0n) is 12.9. The first-order valence-corrected chi connectivity index (χ1v) is 7.64. The summed E-state index contributed by atoms with van der Waals surface area (Å²) in [5, 5.41) is 0. The van der Waals surface area contributed by atoms with Crippen LogP contribution in [0, 0.1) is 11.3 Å². The van der Waals surface area contributed by atoms with Crippen molar-refractivity contribution in [2.75, 3.05) is 0 Å². The molecule has 0 amide bonds. The van der Waals surface area contributed by atoms with Crippen molar-refractivity contribution in [3.05, 3.63) is 37.0 Å². The van der Waals surface area contributed by atoms with Gasteiger partial charge in [0.05, 0.1) is 0 Å². The maximum Gasteiger partial charge on any atom is -0.00504 e. The van der Waals surface area contributed by atoms with Crippen LogP contribution in [0.2, 0.25) is 0 Å². The molecular weight excluding hydrogens is 216 g/mol. The topological polar surface area (TPSA) is 0 Å². The first-order valence-electron chi connectivity index (χ1n) is 7.64. The molecule has 0 nitrogen and oxygen atoms in total. The highest BCUT2D eigenvalue weighted by Crippen LogP contribution is 2.32. The van der Waals surface area contributed by atoms with Gasteiger partial charge in [-0.15, -0.1) is 6.58 Å². The van der Waals surface area contributed by atoms with Gasteiger partial charge in [0.2, 0.25) is 0 Å². The van der Waals surface area contributed by atoms with Gasteiger partial charge < -0.3 is 0 Å². The zero-order valence-corrected chi connectivity index (χ0v) is 12.9. The fraction of sp³-hybridized carbons (Fsp3) is 0.667. The molecule has 1 atom stereocenters. The van der Waals surface area contributed by atoms with E-state index in [1.54, 1.807) is 0 Å². The lowest BCUT2D eigenvalue weighted by Gasteiger charge is -2.27. The molecule has 104 valence electrons. The van der Waals surface area contributed by atoms with E-state index >= 15 is 0 Å². The molecule has 0 saturated heterocycles. The average molecular weight is 248 g/mol. The highest BCUT2D eigenvalue weighted by molar-refractivity contribution is 5.06. The molecule has 0 aliphatic carbocycles. The molecule has 0 radical (unpaired) electrons. The normalized spacial score (nSPS) is 14.4. The van der Waals surface area contributed by atoms with Crippen LogP contribution in [0.25, 0.3) is 0 Å². The predicted octanol–water partition coefficient (Wildman–Crippen LogP) is 6.31. The second kappa shape index (κ2) is 10.2. The fourth-order valence-corrected chi connectivity index (χ4v) is 2.31. The van der Waals surface area contributed by atoms with Crippen molar-refractivity contribution < 1.29 is 0 Å². The van der Waals surface area contributed by atoms with Crippen LogP contribution >= 0.6 is 0 Å². The Bertz CT molecular complexity index is 245. The van der Waals surface area contributed by atoms with E-state index in [1.807, 2.05) is 6.08 Å². The lowest BCUT2D eigenvalue weighted by Crippen LogP contribution is -2.14. The van der Waals surface area contributed by atoms with E-state index in [0.717, 1.165) is 12.8 Å². The van der Waals surface area contributed by atoms with Gasteiger partial charge in [0.1, 0.15) is 0 Å². The largest absolute Gasteiger partial charge is 0.103 e. The van der Waals surface area contributed by atoms with Gasteiger partial charge in [-0.05, 0) is 49.9 Å². The van der Waals surface area contributed by atoms with Crippen LogP contribution < -0.4 is 0 Å². The van der Waals surface area contributed by atoms with Crippen molar-refractivity contribution in [1.29, 1.82) is 0 Å². The lowest BCUT2D eigenvalue weighted by molar-refractivity contribution is 0.337. The highest BCUT2D eigenvalue weighted by Gasteiger charge is 2.20. The standard InChI is InChI=1S/C18H32/c1-6-11-13-17(14-12-7-2)15-16-18(8-3,9-4)10-5/h6,12,14-17H,1,7-11,13H2,2-5H3. The Hall–Kier alpha value is -0.780. The van der Waals surface area contributed by atoms with Gasteiger partial charge in [0, 0.05) is 0 Å². The smallest absolute Gasteiger partial charge is 0.00504 e. The maximum absolute atomic E-state index is 3.82. The Balaban J connectivity index is 4.70. The molecule has 0 fully saturated rings. The molecule has 0 aliphatic heterocycles. The van der Waals surface area contributed by atoms with E-state index < -0.39 is 0 Å². The van der Waals surface area contributed by atoms with Gasteiger partial charge in [-0.1, -0.05) is 58.1 Å². The van der Waals surface area contributed by atoms with E-state index in [-0.39, 0.29) is 0 Å². The highest BCUT2D eigenvalue weighted by atomic mass is 14.2. The molecule has 1 unspecified atom stereocenters. The van der Waals surface area contributed by atoms with Crippen LogP contribution in [-0.2, 0) is 0 Å². The predicted molar refractivity (Wildman–Crippen MR) is 84.8 cm³/mol. The Morgan fingerprint density at radius 2 is 1.61 bits per heavy atom. The summed E-state index contributed by atoms with van der Waals surface area (Å²) in [6, 6.07) is 0. The number of rotatable bonds is 10. The molecular formula is C18H32. The van der Waals surface area contributed by atoms with Gasteiger partial charge in [0.15, 0.2) is 0 Å². The van der Waals surface area contributed by atoms with Crippen molar-refractivity contribution in [2.24, 2.45) is 11.3 Å². The summed E-state index contributed by atoms with van der Waals surface area (Å²) in [5.41, 5.74) is 0.409. The van der Waals surface area contributed by atoms with E-state index in [2.05, 4.69) is 58.6 Å². The second-order valence-corrected chi connectivity index (χ2v) is 5.15. The van der Waals surface area contributed by atoms with Crippen LogP contribution in [0.15, 0.2) is 37.0 Å². The molecule has 18 heavy (non-hydrogen) atoms. The molecule has 0 heteroatoms. The first kappa shape index (κ1) is 17.2. The van der Waals surface area contributed by atoms with Crippen molar-refractivity contribution in [2.45, 2.75) is 66.2 Å². The third kappa shape index (κ3) is 6.23. The Morgan fingerprint density at radius 1 is 1.00 bits per heavy atom. The first-order chi connectivity index (χ1) is 8.67. The van der Waals surface area contributed by atoms with Crippen molar-refractivity contribution in [1.82, 2.24) is 0 Å². The minimum atomic E-state index is 0.409. The maximum atomic E-state index is 3.82. The molecule has 0 N–H and O–H groups in total. The molecule has 0 rings (SSSR count). The van der Waals surface area contributed by atoms with Gasteiger partial charge in [-0.3, -0.25) is 0 Å². The number of hydrogen-bond acceptors (Lipinski definition) is 0. The van der Waals surface area contributed by atoms with E-state index in [9.17, 15) is 0 Å². The molecule has 0 aromatic carbocycles. The van der Waals surface area contributed by atoms with E-state index in [0.29, 0.717) is 11.3 Å². The molecule has 0 saturated carbocycles. The fourth-order valence-electron chi connectivity index (χ4n) is 2.31. The van der Waals surface area contributed by atoms with Gasteiger partial charge in [0.25, 0.3) is 0 Å².